The molecular formula is C10H9ClFN3. The molecule has 0 aliphatic carbocycles. The lowest BCUT2D eigenvalue weighted by atomic mass is 10.1. The van der Waals surface area contributed by atoms with Crippen molar-refractivity contribution in [3.8, 4) is 11.1 Å². The smallest absolute Gasteiger partial charge is 0.132 e. The van der Waals surface area contributed by atoms with E-state index in [1.54, 1.807) is 24.1 Å². The van der Waals surface area contributed by atoms with E-state index in [0.717, 1.165) is 0 Å². The Hall–Kier alpha value is -1.55. The number of nitrogens with zero attached hydrogens (tertiary/aromatic N) is 2. The quantitative estimate of drug-likeness (QED) is 0.758. The lowest BCUT2D eigenvalue weighted by molar-refractivity contribution is 0.631. The van der Waals surface area contributed by atoms with Crippen LogP contribution < -0.4 is 5.73 Å². The number of aromatic nitrogens is 2. The topological polar surface area (TPSA) is 43.8 Å². The Balaban J connectivity index is 2.58. The third kappa shape index (κ3) is 1.80. The minimum absolute atomic E-state index is 0.222. The highest BCUT2D eigenvalue weighted by atomic mass is 35.5. The van der Waals surface area contributed by atoms with Gasteiger partial charge in [-0.15, -0.1) is 0 Å². The van der Waals surface area contributed by atoms with Crippen molar-refractivity contribution in [2.75, 3.05) is 5.73 Å². The van der Waals surface area contributed by atoms with E-state index in [4.69, 9.17) is 17.3 Å². The lowest BCUT2D eigenvalue weighted by Gasteiger charge is -2.03. The van der Waals surface area contributed by atoms with Gasteiger partial charge in [0.15, 0.2) is 0 Å². The number of rotatable bonds is 1. The number of benzene rings is 1. The summed E-state index contributed by atoms with van der Waals surface area (Å²) in [5, 5.41) is 4.18. The molecule has 0 unspecified atom stereocenters. The molecule has 0 spiro atoms. The van der Waals surface area contributed by atoms with Crippen molar-refractivity contribution in [1.82, 2.24) is 9.78 Å². The Labute approximate surface area is 91.3 Å². The van der Waals surface area contributed by atoms with E-state index in [1.807, 2.05) is 0 Å². The maximum absolute atomic E-state index is 13.5. The first-order valence-electron chi connectivity index (χ1n) is 4.31. The van der Waals surface area contributed by atoms with Crippen LogP contribution >= 0.6 is 11.6 Å². The molecule has 3 nitrogen and oxygen atoms in total. The van der Waals surface area contributed by atoms with E-state index in [0.29, 0.717) is 16.8 Å². The van der Waals surface area contributed by atoms with Gasteiger partial charge in [0.05, 0.1) is 16.9 Å². The number of hydrogen-bond acceptors (Lipinski definition) is 2. The second-order valence-electron chi connectivity index (χ2n) is 3.26. The van der Waals surface area contributed by atoms with Crippen LogP contribution in [0.15, 0.2) is 24.5 Å². The van der Waals surface area contributed by atoms with Gasteiger partial charge in [-0.3, -0.25) is 4.68 Å². The molecule has 5 heteroatoms. The molecule has 15 heavy (non-hydrogen) atoms. The van der Waals surface area contributed by atoms with Crippen LogP contribution in [0.25, 0.3) is 11.1 Å². The van der Waals surface area contributed by atoms with Crippen LogP contribution in [0.1, 0.15) is 0 Å². The molecule has 1 heterocycles. The molecule has 0 atom stereocenters. The van der Waals surface area contributed by atoms with Crippen molar-refractivity contribution in [3.63, 3.8) is 0 Å². The van der Waals surface area contributed by atoms with Crippen molar-refractivity contribution in [3.05, 3.63) is 35.4 Å². The standard InChI is InChI=1S/C10H9ClFN3/c1-15-5-6(4-14-15)7-2-10(13)8(11)3-9(7)12/h2-5H,13H2,1H3. The van der Waals surface area contributed by atoms with E-state index in [2.05, 4.69) is 5.10 Å². The summed E-state index contributed by atoms with van der Waals surface area (Å²) in [5.41, 5.74) is 7.05. The zero-order valence-electron chi connectivity index (χ0n) is 8.04. The van der Waals surface area contributed by atoms with Crippen molar-refractivity contribution in [1.29, 1.82) is 0 Å². The summed E-state index contributed by atoms with van der Waals surface area (Å²) in [5.74, 6) is -0.401. The average molecular weight is 226 g/mol. The summed E-state index contributed by atoms with van der Waals surface area (Å²) < 4.78 is 15.1. The summed E-state index contributed by atoms with van der Waals surface area (Å²) in [6, 6.07) is 2.72. The number of nitrogens with two attached hydrogens (primary N) is 1. The summed E-state index contributed by atoms with van der Waals surface area (Å²) in [6.45, 7) is 0. The van der Waals surface area contributed by atoms with Crippen LogP contribution in [0.3, 0.4) is 0 Å². The first-order valence-corrected chi connectivity index (χ1v) is 4.69. The molecular weight excluding hydrogens is 217 g/mol. The van der Waals surface area contributed by atoms with Crippen LogP contribution in [0.2, 0.25) is 5.02 Å². The van der Waals surface area contributed by atoms with Gasteiger partial charge in [0.25, 0.3) is 0 Å². The molecule has 78 valence electrons. The van der Waals surface area contributed by atoms with Gasteiger partial charge in [-0.05, 0) is 12.1 Å². The fourth-order valence-corrected chi connectivity index (χ4v) is 1.50. The maximum Gasteiger partial charge on any atom is 0.132 e. The molecule has 1 aromatic heterocycles. The van der Waals surface area contributed by atoms with E-state index in [9.17, 15) is 4.39 Å². The second kappa shape index (κ2) is 3.55. The highest BCUT2D eigenvalue weighted by Crippen LogP contribution is 2.29. The Bertz CT molecular complexity index is 507. The molecule has 0 amide bonds. The fourth-order valence-electron chi connectivity index (χ4n) is 1.35. The van der Waals surface area contributed by atoms with Gasteiger partial charge < -0.3 is 5.73 Å². The van der Waals surface area contributed by atoms with Crippen LogP contribution in [0.4, 0.5) is 10.1 Å². The zero-order chi connectivity index (χ0) is 11.0. The second-order valence-corrected chi connectivity index (χ2v) is 3.66. The number of nitrogen functional groups attached to an aromatic ring is 1. The first kappa shape index (κ1) is 9.98. The van der Waals surface area contributed by atoms with Crippen LogP contribution in [0.5, 0.6) is 0 Å². The Morgan fingerprint density at radius 1 is 1.47 bits per heavy atom. The lowest BCUT2D eigenvalue weighted by Crippen LogP contribution is -1.91. The number of anilines is 1. The van der Waals surface area contributed by atoms with E-state index >= 15 is 0 Å². The summed E-state index contributed by atoms with van der Waals surface area (Å²) in [6.07, 6.45) is 3.29. The predicted octanol–water partition coefficient (Wildman–Crippen LogP) is 2.46. The first-order chi connectivity index (χ1) is 7.08. The Morgan fingerprint density at radius 2 is 2.20 bits per heavy atom. The van der Waals surface area contributed by atoms with Gasteiger partial charge in [0.2, 0.25) is 0 Å². The van der Waals surface area contributed by atoms with Gasteiger partial charge in [0, 0.05) is 24.4 Å². The molecule has 0 aliphatic rings. The van der Waals surface area contributed by atoms with Crippen LogP contribution in [-0.2, 0) is 7.05 Å². The molecule has 0 aliphatic heterocycles. The van der Waals surface area contributed by atoms with Gasteiger partial charge in [-0.1, -0.05) is 11.6 Å². The molecule has 0 fully saturated rings. The van der Waals surface area contributed by atoms with Crippen LogP contribution in [-0.4, -0.2) is 9.78 Å². The third-order valence-electron chi connectivity index (χ3n) is 2.10. The van der Waals surface area contributed by atoms with Crippen molar-refractivity contribution in [2.45, 2.75) is 0 Å². The highest BCUT2D eigenvalue weighted by Gasteiger charge is 2.09. The van der Waals surface area contributed by atoms with E-state index in [-0.39, 0.29) is 5.02 Å². The van der Waals surface area contributed by atoms with Crippen molar-refractivity contribution >= 4 is 17.3 Å². The molecule has 0 saturated heterocycles. The molecule has 1 aromatic carbocycles. The van der Waals surface area contributed by atoms with Gasteiger partial charge in [-0.2, -0.15) is 5.10 Å². The summed E-state index contributed by atoms with van der Waals surface area (Å²) >= 11 is 5.69. The minimum atomic E-state index is -0.401. The number of halogens is 2. The highest BCUT2D eigenvalue weighted by molar-refractivity contribution is 6.33. The van der Waals surface area contributed by atoms with Crippen LogP contribution in [0, 0.1) is 5.82 Å². The largest absolute Gasteiger partial charge is 0.398 e. The molecule has 0 saturated carbocycles. The van der Waals surface area contributed by atoms with Crippen molar-refractivity contribution < 1.29 is 4.39 Å². The Morgan fingerprint density at radius 3 is 2.80 bits per heavy atom. The summed E-state index contributed by atoms with van der Waals surface area (Å²) in [7, 11) is 1.76. The predicted molar refractivity (Wildman–Crippen MR) is 58.0 cm³/mol. The molecule has 2 aromatic rings. The SMILES string of the molecule is Cn1cc(-c2cc(N)c(Cl)cc2F)cn1. The summed E-state index contributed by atoms with van der Waals surface area (Å²) in [4.78, 5) is 0. The van der Waals surface area contributed by atoms with E-state index < -0.39 is 5.82 Å². The zero-order valence-corrected chi connectivity index (χ0v) is 8.79. The normalized spacial score (nSPS) is 10.6. The van der Waals surface area contributed by atoms with E-state index in [1.165, 1.54) is 12.1 Å². The van der Waals surface area contributed by atoms with Crippen molar-refractivity contribution in [2.24, 2.45) is 7.05 Å². The fraction of sp³-hybridized carbons (Fsp3) is 0.100. The molecule has 0 radical (unpaired) electrons. The van der Waals surface area contributed by atoms with Gasteiger partial charge >= 0.3 is 0 Å². The third-order valence-corrected chi connectivity index (χ3v) is 2.43. The molecule has 0 bridgehead atoms. The molecule has 2 N–H and O–H groups in total. The van der Waals surface area contributed by atoms with Gasteiger partial charge in [-0.25, -0.2) is 4.39 Å². The average Bonchev–Trinajstić information content (AvgIpc) is 2.58. The molecule has 2 rings (SSSR count). The Kier molecular flexibility index (Phi) is 2.36. The monoisotopic (exact) mass is 225 g/mol. The number of aryl methyl sites for hydroxylation is 1. The van der Waals surface area contributed by atoms with Gasteiger partial charge in [0.1, 0.15) is 5.82 Å². The maximum atomic E-state index is 13.5. The number of hydrogen-bond donors (Lipinski definition) is 1. The minimum Gasteiger partial charge on any atom is -0.398 e.